The van der Waals surface area contributed by atoms with Crippen molar-refractivity contribution in [3.63, 3.8) is 0 Å². The van der Waals surface area contributed by atoms with E-state index in [-0.39, 0.29) is 17.8 Å². The normalized spacial score (nSPS) is 27.7. The molecule has 1 aliphatic heterocycles. The van der Waals surface area contributed by atoms with Crippen molar-refractivity contribution in [1.82, 2.24) is 5.32 Å². The molecule has 1 aromatic rings. The molecule has 0 aromatic heterocycles. The highest BCUT2D eigenvalue weighted by Gasteiger charge is 2.49. The summed E-state index contributed by atoms with van der Waals surface area (Å²) in [5, 5.41) is 14.4. The number of amides is 1. The lowest BCUT2D eigenvalue weighted by molar-refractivity contribution is -0.116. The van der Waals surface area contributed by atoms with Gasteiger partial charge < -0.3 is 15.2 Å². The Hall–Kier alpha value is -1.52. The van der Waals surface area contributed by atoms with E-state index in [1.165, 1.54) is 0 Å². The second-order valence-corrected chi connectivity index (χ2v) is 7.06. The van der Waals surface area contributed by atoms with Gasteiger partial charge in [-0.1, -0.05) is 17.7 Å². The second kappa shape index (κ2) is 5.84. The highest BCUT2D eigenvalue weighted by Crippen LogP contribution is 2.44. The minimum absolute atomic E-state index is 0.0418. The van der Waals surface area contributed by atoms with Crippen molar-refractivity contribution in [3.05, 3.63) is 39.6 Å². The molecule has 4 nitrogen and oxygen atoms in total. The lowest BCUT2D eigenvalue weighted by atomic mass is 9.79. The number of carbonyl (C=O) groups excluding carboxylic acids is 1. The first-order valence-electron chi connectivity index (χ1n) is 7.94. The molecule has 3 rings (SSSR count). The van der Waals surface area contributed by atoms with Crippen LogP contribution >= 0.6 is 11.6 Å². The standard InChI is InChI=1S/C18H22ClNO3/c1-10-7-11(2)14(13(19)8-10)15-16(21)18(20-17(15)22)6-4-5-12(9-18)23-3/h7-8,12,21H,4-6,9H2,1-3H3,(H,20,22). The summed E-state index contributed by atoms with van der Waals surface area (Å²) in [6, 6.07) is 3.79. The maximum Gasteiger partial charge on any atom is 0.256 e. The number of aryl methyl sites for hydroxylation is 2. The molecule has 124 valence electrons. The summed E-state index contributed by atoms with van der Waals surface area (Å²) < 4.78 is 5.45. The van der Waals surface area contributed by atoms with Gasteiger partial charge in [0.2, 0.25) is 0 Å². The molecule has 1 fully saturated rings. The predicted molar refractivity (Wildman–Crippen MR) is 90.6 cm³/mol. The first kappa shape index (κ1) is 16.3. The third kappa shape index (κ3) is 2.64. The van der Waals surface area contributed by atoms with Crippen molar-refractivity contribution >= 4 is 23.1 Å². The number of hydrogen-bond donors (Lipinski definition) is 2. The number of carbonyl (C=O) groups is 1. The second-order valence-electron chi connectivity index (χ2n) is 6.65. The molecular formula is C18H22ClNO3. The number of rotatable bonds is 2. The van der Waals surface area contributed by atoms with Gasteiger partial charge in [0.15, 0.2) is 0 Å². The van der Waals surface area contributed by atoms with Crippen LogP contribution in [0.2, 0.25) is 5.02 Å². The number of hydrogen-bond acceptors (Lipinski definition) is 3. The highest BCUT2D eigenvalue weighted by molar-refractivity contribution is 6.36. The number of aliphatic hydroxyl groups is 1. The van der Waals surface area contributed by atoms with Crippen molar-refractivity contribution in [2.75, 3.05) is 7.11 Å². The maximum atomic E-state index is 12.6. The van der Waals surface area contributed by atoms with Crippen LogP contribution in [0.25, 0.3) is 5.57 Å². The number of aliphatic hydroxyl groups excluding tert-OH is 1. The number of benzene rings is 1. The van der Waals surface area contributed by atoms with Crippen molar-refractivity contribution < 1.29 is 14.6 Å². The number of halogens is 1. The van der Waals surface area contributed by atoms with Crippen LogP contribution in [0.5, 0.6) is 0 Å². The molecule has 5 heteroatoms. The number of nitrogens with one attached hydrogen (secondary N) is 1. The van der Waals surface area contributed by atoms with Gasteiger partial charge in [0, 0.05) is 24.1 Å². The predicted octanol–water partition coefficient (Wildman–Crippen LogP) is 3.68. The fourth-order valence-corrected chi connectivity index (χ4v) is 4.32. The summed E-state index contributed by atoms with van der Waals surface area (Å²) in [5.41, 5.74) is 2.14. The molecule has 2 unspecified atom stereocenters. The molecule has 1 saturated carbocycles. The van der Waals surface area contributed by atoms with Crippen LogP contribution in [0.3, 0.4) is 0 Å². The molecule has 1 aromatic carbocycles. The summed E-state index contributed by atoms with van der Waals surface area (Å²) in [7, 11) is 1.67. The average molecular weight is 336 g/mol. The molecule has 1 aliphatic carbocycles. The summed E-state index contributed by atoms with van der Waals surface area (Å²) in [5.74, 6) is -0.147. The SMILES string of the molecule is COC1CCCC2(C1)NC(=O)C(c1c(C)cc(C)cc1Cl)=C2O. The van der Waals surface area contributed by atoms with Crippen LogP contribution in [0.15, 0.2) is 17.9 Å². The van der Waals surface area contributed by atoms with Gasteiger partial charge >= 0.3 is 0 Å². The third-order valence-corrected chi connectivity index (χ3v) is 5.29. The Morgan fingerprint density at radius 3 is 2.78 bits per heavy atom. The highest BCUT2D eigenvalue weighted by atomic mass is 35.5. The van der Waals surface area contributed by atoms with Gasteiger partial charge in [-0.3, -0.25) is 4.79 Å². The first-order valence-corrected chi connectivity index (χ1v) is 8.32. The van der Waals surface area contributed by atoms with Gasteiger partial charge in [0.25, 0.3) is 5.91 Å². The zero-order valence-corrected chi connectivity index (χ0v) is 14.5. The zero-order valence-electron chi connectivity index (χ0n) is 13.7. The van der Waals surface area contributed by atoms with Crippen LogP contribution in [0, 0.1) is 13.8 Å². The van der Waals surface area contributed by atoms with Gasteiger partial charge in [-0.05, 0) is 50.3 Å². The van der Waals surface area contributed by atoms with Crippen LogP contribution in [0.1, 0.15) is 42.4 Å². The van der Waals surface area contributed by atoms with Crippen molar-refractivity contribution in [2.45, 2.75) is 51.2 Å². The topological polar surface area (TPSA) is 58.6 Å². The van der Waals surface area contributed by atoms with E-state index in [2.05, 4.69) is 5.32 Å². The monoisotopic (exact) mass is 335 g/mol. The molecule has 2 N–H and O–H groups in total. The first-order chi connectivity index (χ1) is 10.9. The van der Waals surface area contributed by atoms with Crippen LogP contribution in [-0.4, -0.2) is 29.8 Å². The van der Waals surface area contributed by atoms with E-state index in [0.29, 0.717) is 22.6 Å². The summed E-state index contributed by atoms with van der Waals surface area (Å²) in [6.07, 6.45) is 3.20. The third-order valence-electron chi connectivity index (χ3n) is 4.99. The molecule has 0 radical (unpaired) electrons. The van der Waals surface area contributed by atoms with E-state index >= 15 is 0 Å². The molecule has 2 aliphatic rings. The largest absolute Gasteiger partial charge is 0.509 e. The number of ether oxygens (including phenoxy) is 1. The van der Waals surface area contributed by atoms with E-state index in [1.54, 1.807) is 7.11 Å². The molecule has 2 atom stereocenters. The molecule has 1 amide bonds. The number of methoxy groups -OCH3 is 1. The fourth-order valence-electron chi connectivity index (χ4n) is 3.90. The Balaban J connectivity index is 2.10. The quantitative estimate of drug-likeness (QED) is 0.866. The zero-order chi connectivity index (χ0) is 16.8. The average Bonchev–Trinajstić information content (AvgIpc) is 2.70. The van der Waals surface area contributed by atoms with Crippen molar-refractivity contribution in [2.24, 2.45) is 0 Å². The molecule has 23 heavy (non-hydrogen) atoms. The van der Waals surface area contributed by atoms with Crippen LogP contribution in [-0.2, 0) is 9.53 Å². The molecule has 1 heterocycles. The van der Waals surface area contributed by atoms with E-state index in [4.69, 9.17) is 16.3 Å². The summed E-state index contributed by atoms with van der Waals surface area (Å²) >= 11 is 6.38. The Kier molecular flexibility index (Phi) is 4.15. The Morgan fingerprint density at radius 1 is 1.39 bits per heavy atom. The lowest BCUT2D eigenvalue weighted by Gasteiger charge is -2.37. The maximum absolute atomic E-state index is 12.6. The minimum atomic E-state index is -0.716. The van der Waals surface area contributed by atoms with Gasteiger partial charge in [0.05, 0.1) is 11.7 Å². The van der Waals surface area contributed by atoms with E-state index in [1.807, 2.05) is 26.0 Å². The molecular weight excluding hydrogens is 314 g/mol. The van der Waals surface area contributed by atoms with Crippen molar-refractivity contribution in [3.8, 4) is 0 Å². The Morgan fingerprint density at radius 2 is 2.13 bits per heavy atom. The smallest absolute Gasteiger partial charge is 0.256 e. The van der Waals surface area contributed by atoms with Gasteiger partial charge in [-0.15, -0.1) is 0 Å². The molecule has 0 saturated heterocycles. The van der Waals surface area contributed by atoms with Crippen LogP contribution in [0.4, 0.5) is 0 Å². The van der Waals surface area contributed by atoms with Gasteiger partial charge in [0.1, 0.15) is 11.3 Å². The Bertz CT molecular complexity index is 675. The van der Waals surface area contributed by atoms with Crippen molar-refractivity contribution in [1.29, 1.82) is 0 Å². The minimum Gasteiger partial charge on any atom is -0.509 e. The Labute approximate surface area is 141 Å². The van der Waals surface area contributed by atoms with Crippen LogP contribution < -0.4 is 5.32 Å². The fraction of sp³-hybridized carbons (Fsp3) is 0.500. The molecule has 1 spiro atoms. The summed E-state index contributed by atoms with van der Waals surface area (Å²) in [4.78, 5) is 12.6. The van der Waals surface area contributed by atoms with Gasteiger partial charge in [-0.2, -0.15) is 0 Å². The van der Waals surface area contributed by atoms with Gasteiger partial charge in [-0.25, -0.2) is 0 Å². The summed E-state index contributed by atoms with van der Waals surface area (Å²) in [6.45, 7) is 3.86. The molecule has 0 bridgehead atoms. The lowest BCUT2D eigenvalue weighted by Crippen LogP contribution is -2.49. The van der Waals surface area contributed by atoms with E-state index in [9.17, 15) is 9.90 Å². The van der Waals surface area contributed by atoms with E-state index in [0.717, 1.165) is 30.4 Å². The van der Waals surface area contributed by atoms with E-state index < -0.39 is 5.54 Å².